The number of rotatable bonds is 7. The quantitative estimate of drug-likeness (QED) is 0.789. The number of fused-ring (bicyclic) bond motifs is 1. The van der Waals surface area contributed by atoms with Gasteiger partial charge in [-0.1, -0.05) is 18.2 Å². The number of nitrogens with one attached hydrogen (secondary N) is 1. The number of hydrogen-bond donors (Lipinski definition) is 2. The molecule has 0 bridgehead atoms. The second kappa shape index (κ2) is 7.57. The Morgan fingerprint density at radius 2 is 1.92 bits per heavy atom. The van der Waals surface area contributed by atoms with E-state index in [1.807, 2.05) is 18.2 Å². The summed E-state index contributed by atoms with van der Waals surface area (Å²) >= 11 is 0. The summed E-state index contributed by atoms with van der Waals surface area (Å²) in [6.07, 6.45) is 0.646. The van der Waals surface area contributed by atoms with Crippen molar-refractivity contribution in [3.8, 4) is 17.2 Å². The first-order valence-corrected chi connectivity index (χ1v) is 7.80. The number of carbonyl (C=O) groups excluding carboxylic acids is 2. The van der Waals surface area contributed by atoms with E-state index < -0.39 is 5.91 Å². The fourth-order valence-electron chi connectivity index (χ4n) is 2.44. The zero-order valence-corrected chi connectivity index (χ0v) is 13.5. The molecule has 7 nitrogen and oxygen atoms in total. The molecular weight excluding hydrogens is 324 g/mol. The molecule has 0 aromatic heterocycles. The molecule has 2 aromatic rings. The van der Waals surface area contributed by atoms with Gasteiger partial charge in [0.2, 0.25) is 6.79 Å². The van der Waals surface area contributed by atoms with Crippen LogP contribution in [0.25, 0.3) is 0 Å². The summed E-state index contributed by atoms with van der Waals surface area (Å²) in [6, 6.07) is 12.4. The molecule has 2 aromatic carbocycles. The van der Waals surface area contributed by atoms with Crippen LogP contribution in [-0.4, -0.2) is 31.8 Å². The molecular formula is C18H18N2O5. The number of primary amides is 1. The van der Waals surface area contributed by atoms with Gasteiger partial charge < -0.3 is 25.3 Å². The summed E-state index contributed by atoms with van der Waals surface area (Å²) < 4.78 is 15.9. The van der Waals surface area contributed by atoms with Crippen molar-refractivity contribution in [3.63, 3.8) is 0 Å². The van der Waals surface area contributed by atoms with Crippen molar-refractivity contribution in [2.75, 3.05) is 19.9 Å². The maximum Gasteiger partial charge on any atom is 0.255 e. The Balaban J connectivity index is 1.57. The first kappa shape index (κ1) is 16.6. The van der Waals surface area contributed by atoms with Crippen LogP contribution in [0.4, 0.5) is 0 Å². The van der Waals surface area contributed by atoms with E-state index in [2.05, 4.69) is 5.32 Å². The highest BCUT2D eigenvalue weighted by Gasteiger charge is 2.14. The molecule has 0 saturated carbocycles. The Kier molecular flexibility index (Phi) is 5.03. The van der Waals surface area contributed by atoms with E-state index in [-0.39, 0.29) is 19.3 Å². The second-order valence-electron chi connectivity index (χ2n) is 5.44. The van der Waals surface area contributed by atoms with E-state index in [0.717, 1.165) is 11.3 Å². The van der Waals surface area contributed by atoms with Crippen molar-refractivity contribution in [3.05, 3.63) is 53.6 Å². The predicted molar refractivity (Wildman–Crippen MR) is 89.7 cm³/mol. The van der Waals surface area contributed by atoms with Crippen LogP contribution in [0.3, 0.4) is 0 Å². The largest absolute Gasteiger partial charge is 0.483 e. The molecule has 25 heavy (non-hydrogen) atoms. The number of carbonyl (C=O) groups is 2. The first-order chi connectivity index (χ1) is 12.1. The van der Waals surface area contributed by atoms with E-state index in [4.69, 9.17) is 19.9 Å². The van der Waals surface area contributed by atoms with Crippen molar-refractivity contribution < 1.29 is 23.8 Å². The van der Waals surface area contributed by atoms with Crippen molar-refractivity contribution >= 4 is 11.8 Å². The van der Waals surface area contributed by atoms with Crippen LogP contribution >= 0.6 is 0 Å². The molecule has 0 fully saturated rings. The Labute approximate surface area is 144 Å². The fraction of sp³-hybridized carbons (Fsp3) is 0.222. The fourth-order valence-corrected chi connectivity index (χ4v) is 2.44. The Bertz CT molecular complexity index is 791. The highest BCUT2D eigenvalue weighted by Crippen LogP contribution is 2.32. The van der Waals surface area contributed by atoms with Crippen LogP contribution in [0.1, 0.15) is 15.9 Å². The molecule has 0 spiro atoms. The number of nitrogens with two attached hydrogens (primary N) is 1. The lowest BCUT2D eigenvalue weighted by Crippen LogP contribution is -2.27. The Morgan fingerprint density at radius 1 is 1.12 bits per heavy atom. The van der Waals surface area contributed by atoms with Gasteiger partial charge in [0.05, 0.1) is 5.56 Å². The van der Waals surface area contributed by atoms with Gasteiger partial charge in [-0.3, -0.25) is 9.59 Å². The standard InChI is InChI=1S/C18H18N2O5/c19-17(21)10-23-14-4-2-1-3-13(14)18(22)20-8-7-12-5-6-15-16(9-12)25-11-24-15/h1-6,9H,7-8,10-11H2,(H2,19,21)(H,20,22). The van der Waals surface area contributed by atoms with Crippen molar-refractivity contribution in [1.82, 2.24) is 5.32 Å². The summed E-state index contributed by atoms with van der Waals surface area (Å²) in [5.74, 6) is 0.892. The maximum absolute atomic E-state index is 12.3. The highest BCUT2D eigenvalue weighted by atomic mass is 16.7. The minimum Gasteiger partial charge on any atom is -0.483 e. The van der Waals surface area contributed by atoms with E-state index in [9.17, 15) is 9.59 Å². The van der Waals surface area contributed by atoms with Gasteiger partial charge in [-0.2, -0.15) is 0 Å². The molecule has 0 saturated heterocycles. The smallest absolute Gasteiger partial charge is 0.255 e. The van der Waals surface area contributed by atoms with Crippen LogP contribution in [-0.2, 0) is 11.2 Å². The SMILES string of the molecule is NC(=O)COc1ccccc1C(=O)NCCc1ccc2c(c1)OCO2. The average molecular weight is 342 g/mol. The third-order valence-corrected chi connectivity index (χ3v) is 3.64. The molecule has 0 atom stereocenters. The number of benzene rings is 2. The Hall–Kier alpha value is -3.22. The molecule has 1 aliphatic rings. The van der Waals surface area contributed by atoms with Crippen molar-refractivity contribution in [2.45, 2.75) is 6.42 Å². The van der Waals surface area contributed by atoms with Gasteiger partial charge in [0.25, 0.3) is 11.8 Å². The van der Waals surface area contributed by atoms with Gasteiger partial charge in [0, 0.05) is 6.54 Å². The molecule has 3 N–H and O–H groups in total. The second-order valence-corrected chi connectivity index (χ2v) is 5.44. The zero-order valence-electron chi connectivity index (χ0n) is 13.5. The minimum atomic E-state index is -0.599. The van der Waals surface area contributed by atoms with Gasteiger partial charge in [-0.25, -0.2) is 0 Å². The van der Waals surface area contributed by atoms with Crippen LogP contribution in [0.2, 0.25) is 0 Å². The van der Waals surface area contributed by atoms with Crippen LogP contribution in [0.5, 0.6) is 17.2 Å². The number of para-hydroxylation sites is 1. The Morgan fingerprint density at radius 3 is 2.76 bits per heavy atom. The lowest BCUT2D eigenvalue weighted by molar-refractivity contribution is -0.119. The molecule has 1 aliphatic heterocycles. The third-order valence-electron chi connectivity index (χ3n) is 3.64. The maximum atomic E-state index is 12.3. The van der Waals surface area contributed by atoms with E-state index >= 15 is 0 Å². The van der Waals surface area contributed by atoms with Crippen LogP contribution in [0.15, 0.2) is 42.5 Å². The monoisotopic (exact) mass is 342 g/mol. The van der Waals surface area contributed by atoms with E-state index in [1.165, 1.54) is 0 Å². The minimum absolute atomic E-state index is 0.234. The number of hydrogen-bond acceptors (Lipinski definition) is 5. The summed E-state index contributed by atoms with van der Waals surface area (Å²) in [6.45, 7) is 0.404. The lowest BCUT2D eigenvalue weighted by atomic mass is 10.1. The van der Waals surface area contributed by atoms with Crippen molar-refractivity contribution in [1.29, 1.82) is 0 Å². The third kappa shape index (κ3) is 4.20. The van der Waals surface area contributed by atoms with Gasteiger partial charge in [-0.05, 0) is 36.2 Å². The lowest BCUT2D eigenvalue weighted by Gasteiger charge is -2.11. The summed E-state index contributed by atoms with van der Waals surface area (Å²) in [5, 5.41) is 2.84. The molecule has 7 heteroatoms. The van der Waals surface area contributed by atoms with Crippen molar-refractivity contribution in [2.24, 2.45) is 5.73 Å². The van der Waals surface area contributed by atoms with Crippen LogP contribution in [0, 0.1) is 0 Å². The molecule has 0 unspecified atom stereocenters. The molecule has 1 heterocycles. The van der Waals surface area contributed by atoms with Gasteiger partial charge >= 0.3 is 0 Å². The van der Waals surface area contributed by atoms with Crippen LogP contribution < -0.4 is 25.3 Å². The molecule has 2 amide bonds. The molecule has 0 aliphatic carbocycles. The topological polar surface area (TPSA) is 99.9 Å². The van der Waals surface area contributed by atoms with Gasteiger partial charge in [0.15, 0.2) is 18.1 Å². The average Bonchev–Trinajstić information content (AvgIpc) is 3.08. The van der Waals surface area contributed by atoms with Gasteiger partial charge in [-0.15, -0.1) is 0 Å². The van der Waals surface area contributed by atoms with Gasteiger partial charge in [0.1, 0.15) is 5.75 Å². The zero-order chi connectivity index (χ0) is 17.6. The molecule has 3 rings (SSSR count). The summed E-state index contributed by atoms with van der Waals surface area (Å²) in [4.78, 5) is 23.2. The summed E-state index contributed by atoms with van der Waals surface area (Å²) in [7, 11) is 0. The predicted octanol–water partition coefficient (Wildman–Crippen LogP) is 1.25. The highest BCUT2D eigenvalue weighted by molar-refractivity contribution is 5.97. The summed E-state index contributed by atoms with van der Waals surface area (Å²) in [5.41, 5.74) is 6.45. The number of ether oxygens (including phenoxy) is 3. The van der Waals surface area contributed by atoms with E-state index in [0.29, 0.717) is 30.0 Å². The first-order valence-electron chi connectivity index (χ1n) is 7.80. The molecule has 130 valence electrons. The number of amides is 2. The normalized spacial score (nSPS) is 11.8. The van der Waals surface area contributed by atoms with E-state index in [1.54, 1.807) is 24.3 Å². The molecule has 0 radical (unpaired) electrons.